The molecule has 5 nitrogen and oxygen atoms in total. The van der Waals surface area contributed by atoms with Crippen molar-refractivity contribution in [2.45, 2.75) is 0 Å². The summed E-state index contributed by atoms with van der Waals surface area (Å²) in [4.78, 5) is 29.5. The number of benzene rings is 1. The maximum absolute atomic E-state index is 12.3. The molecule has 3 rings (SSSR count). The zero-order valence-corrected chi connectivity index (χ0v) is 11.6. The second kappa shape index (κ2) is 4.54. The van der Waals surface area contributed by atoms with E-state index in [2.05, 4.69) is 20.9 Å². The molecule has 2 amide bonds. The summed E-state index contributed by atoms with van der Waals surface area (Å²) in [6.07, 6.45) is 2.86. The molecule has 0 aliphatic carbocycles. The highest BCUT2D eigenvalue weighted by Crippen LogP contribution is 2.33. The van der Waals surface area contributed by atoms with Crippen molar-refractivity contribution in [3.8, 4) is 6.07 Å². The van der Waals surface area contributed by atoms with E-state index in [1.807, 2.05) is 6.07 Å². The average Bonchev–Trinajstić information content (AvgIpc) is 2.72. The Morgan fingerprint density at radius 3 is 2.55 bits per heavy atom. The number of pyridine rings is 1. The lowest BCUT2D eigenvalue weighted by molar-refractivity contribution is 0.0926. The fraction of sp³-hybridized carbons (Fsp3) is 0. The molecule has 1 aliphatic rings. The van der Waals surface area contributed by atoms with Gasteiger partial charge in [0.1, 0.15) is 0 Å². The summed E-state index contributed by atoms with van der Waals surface area (Å²) in [5, 5.41) is 8.84. The predicted molar refractivity (Wildman–Crippen MR) is 74.2 cm³/mol. The number of nitrogens with zero attached hydrogens (tertiary/aromatic N) is 3. The molecule has 0 bridgehead atoms. The van der Waals surface area contributed by atoms with E-state index in [-0.39, 0.29) is 5.56 Å². The number of halogens is 1. The van der Waals surface area contributed by atoms with Crippen molar-refractivity contribution in [2.24, 2.45) is 0 Å². The first-order valence-electron chi connectivity index (χ1n) is 5.66. The van der Waals surface area contributed by atoms with Crippen LogP contribution >= 0.6 is 15.9 Å². The molecular formula is C14H6BrN3O2. The van der Waals surface area contributed by atoms with E-state index in [0.29, 0.717) is 21.3 Å². The Labute approximate surface area is 122 Å². The van der Waals surface area contributed by atoms with Gasteiger partial charge in [-0.05, 0) is 40.2 Å². The maximum Gasteiger partial charge on any atom is 0.267 e. The lowest BCUT2D eigenvalue weighted by Crippen LogP contribution is -2.29. The summed E-state index contributed by atoms with van der Waals surface area (Å²) < 4.78 is 0.513. The van der Waals surface area contributed by atoms with Crippen LogP contribution in [0.5, 0.6) is 0 Å². The molecule has 20 heavy (non-hydrogen) atoms. The molecule has 0 spiro atoms. The topological polar surface area (TPSA) is 74.1 Å². The average molecular weight is 328 g/mol. The summed E-state index contributed by atoms with van der Waals surface area (Å²) in [6, 6.07) is 8.21. The predicted octanol–water partition coefficient (Wildman–Crippen LogP) is 2.52. The Morgan fingerprint density at radius 2 is 1.90 bits per heavy atom. The van der Waals surface area contributed by atoms with E-state index in [4.69, 9.17) is 5.26 Å². The number of carbonyl (C=O) groups is 2. The Balaban J connectivity index is 2.12. The molecule has 1 aromatic heterocycles. The van der Waals surface area contributed by atoms with Gasteiger partial charge in [-0.2, -0.15) is 5.26 Å². The number of nitriles is 1. The minimum atomic E-state index is -0.413. The van der Waals surface area contributed by atoms with Crippen LogP contribution < -0.4 is 4.90 Å². The Kier molecular flexibility index (Phi) is 2.84. The van der Waals surface area contributed by atoms with Crippen LogP contribution in [0.15, 0.2) is 41.1 Å². The van der Waals surface area contributed by atoms with E-state index in [1.165, 1.54) is 18.5 Å². The fourth-order valence-electron chi connectivity index (χ4n) is 2.06. The molecule has 0 unspecified atom stereocenters. The SMILES string of the molecule is N#Cc1ccc(N2C(=O)c3ccncc3C2=O)c(Br)c1. The van der Waals surface area contributed by atoms with Gasteiger partial charge in [0.05, 0.1) is 28.4 Å². The molecule has 96 valence electrons. The van der Waals surface area contributed by atoms with Gasteiger partial charge in [-0.3, -0.25) is 14.6 Å². The van der Waals surface area contributed by atoms with Crippen LogP contribution in [0.1, 0.15) is 26.3 Å². The third-order valence-corrected chi connectivity index (χ3v) is 3.64. The third kappa shape index (κ3) is 1.72. The molecule has 2 aromatic rings. The van der Waals surface area contributed by atoms with Gasteiger partial charge in [0.2, 0.25) is 0 Å². The second-order valence-electron chi connectivity index (χ2n) is 4.14. The lowest BCUT2D eigenvalue weighted by atomic mass is 10.2. The number of hydrogen-bond acceptors (Lipinski definition) is 4. The van der Waals surface area contributed by atoms with Crippen LogP contribution in [0.4, 0.5) is 5.69 Å². The maximum atomic E-state index is 12.3. The molecule has 0 saturated heterocycles. The minimum absolute atomic E-state index is 0.286. The zero-order chi connectivity index (χ0) is 14.3. The largest absolute Gasteiger partial charge is 0.268 e. The van der Waals surface area contributed by atoms with Gasteiger partial charge in [0.15, 0.2) is 0 Å². The van der Waals surface area contributed by atoms with Crippen LogP contribution in [-0.2, 0) is 0 Å². The van der Waals surface area contributed by atoms with E-state index in [0.717, 1.165) is 4.90 Å². The van der Waals surface area contributed by atoms with Crippen LogP contribution in [-0.4, -0.2) is 16.8 Å². The van der Waals surface area contributed by atoms with Crippen LogP contribution in [0, 0.1) is 11.3 Å². The molecule has 2 heterocycles. The fourth-order valence-corrected chi connectivity index (χ4v) is 2.62. The van der Waals surface area contributed by atoms with E-state index < -0.39 is 11.8 Å². The van der Waals surface area contributed by atoms with Crippen LogP contribution in [0.25, 0.3) is 0 Å². The van der Waals surface area contributed by atoms with Crippen molar-refractivity contribution in [1.82, 2.24) is 4.98 Å². The van der Waals surface area contributed by atoms with Gasteiger partial charge in [0.25, 0.3) is 11.8 Å². The smallest absolute Gasteiger partial charge is 0.267 e. The van der Waals surface area contributed by atoms with Gasteiger partial charge >= 0.3 is 0 Å². The van der Waals surface area contributed by atoms with Crippen LogP contribution in [0.3, 0.4) is 0 Å². The quantitative estimate of drug-likeness (QED) is 0.754. The molecule has 0 atom stereocenters. The van der Waals surface area contributed by atoms with Gasteiger partial charge in [-0.25, -0.2) is 4.90 Å². The number of amides is 2. The standard InChI is InChI=1S/C14H6BrN3O2/c15-11-5-8(6-16)1-2-12(11)18-13(19)9-3-4-17-7-10(9)14(18)20/h1-5,7H. The Bertz CT molecular complexity index is 760. The molecule has 0 saturated carbocycles. The van der Waals surface area contributed by atoms with Crippen molar-refractivity contribution in [3.05, 3.63) is 57.8 Å². The molecular weight excluding hydrogens is 322 g/mol. The number of imide groups is 1. The third-order valence-electron chi connectivity index (χ3n) is 3.01. The molecule has 0 fully saturated rings. The first-order valence-corrected chi connectivity index (χ1v) is 6.45. The van der Waals surface area contributed by atoms with E-state index in [9.17, 15) is 9.59 Å². The highest BCUT2D eigenvalue weighted by molar-refractivity contribution is 9.10. The summed E-state index contributed by atoms with van der Waals surface area (Å²) >= 11 is 3.28. The van der Waals surface area contributed by atoms with Crippen LogP contribution in [0.2, 0.25) is 0 Å². The first-order chi connectivity index (χ1) is 9.63. The number of hydrogen-bond donors (Lipinski definition) is 0. The monoisotopic (exact) mass is 327 g/mol. The van der Waals surface area contributed by atoms with Gasteiger partial charge in [-0.1, -0.05) is 0 Å². The number of fused-ring (bicyclic) bond motifs is 1. The van der Waals surface area contributed by atoms with E-state index in [1.54, 1.807) is 18.2 Å². The van der Waals surface area contributed by atoms with Gasteiger partial charge in [0, 0.05) is 16.9 Å². The van der Waals surface area contributed by atoms with Crippen molar-refractivity contribution < 1.29 is 9.59 Å². The Morgan fingerprint density at radius 1 is 1.15 bits per heavy atom. The molecule has 6 heteroatoms. The van der Waals surface area contributed by atoms with Crippen molar-refractivity contribution >= 4 is 33.4 Å². The van der Waals surface area contributed by atoms with Gasteiger partial charge in [-0.15, -0.1) is 0 Å². The highest BCUT2D eigenvalue weighted by Gasteiger charge is 2.37. The van der Waals surface area contributed by atoms with E-state index >= 15 is 0 Å². The van der Waals surface area contributed by atoms with Crippen molar-refractivity contribution in [2.75, 3.05) is 4.90 Å². The summed E-state index contributed by atoms with van der Waals surface area (Å²) in [5.74, 6) is -0.804. The molecule has 0 N–H and O–H groups in total. The molecule has 0 radical (unpaired) electrons. The Hall–Kier alpha value is -2.52. The normalized spacial score (nSPS) is 13.3. The first kappa shape index (κ1) is 12.5. The lowest BCUT2D eigenvalue weighted by Gasteiger charge is -2.15. The highest BCUT2D eigenvalue weighted by atomic mass is 79.9. The second-order valence-corrected chi connectivity index (χ2v) is 5.00. The van der Waals surface area contributed by atoms with Gasteiger partial charge < -0.3 is 0 Å². The van der Waals surface area contributed by atoms with Crippen molar-refractivity contribution in [1.29, 1.82) is 5.26 Å². The summed E-state index contributed by atoms with van der Waals surface area (Å²) in [6.45, 7) is 0. The molecule has 1 aromatic carbocycles. The summed E-state index contributed by atoms with van der Waals surface area (Å²) in [5.41, 5.74) is 1.48. The molecule has 1 aliphatic heterocycles. The number of anilines is 1. The minimum Gasteiger partial charge on any atom is -0.268 e. The number of carbonyl (C=O) groups excluding carboxylic acids is 2. The number of aromatic nitrogens is 1. The zero-order valence-electron chi connectivity index (χ0n) is 10.0. The van der Waals surface area contributed by atoms with Crippen molar-refractivity contribution in [3.63, 3.8) is 0 Å². The number of rotatable bonds is 1. The summed E-state index contributed by atoms with van der Waals surface area (Å²) in [7, 11) is 0.